The number of anilines is 1. The van der Waals surface area contributed by atoms with Crippen LogP contribution in [0.4, 0.5) is 9.52 Å². The molecular formula is C27H21FN2O4S. The molecule has 35 heavy (non-hydrogen) atoms. The van der Waals surface area contributed by atoms with Crippen LogP contribution in [-0.4, -0.2) is 28.4 Å². The number of hydrogen-bond donors (Lipinski definition) is 1. The summed E-state index contributed by atoms with van der Waals surface area (Å²) in [5, 5.41) is 11.4. The standard InChI is InChI=1S/C27H21FN2O4S/c1-3-34-19-12-13-20-21(14-19)35-27(29-20)30-23(16-6-4-15(2)5-7-16)22(25(32)26(30)33)24(31)17-8-10-18(28)11-9-17/h4-14,23,31H,3H2,1-2H3/t23-/m1/s1. The van der Waals surface area contributed by atoms with Gasteiger partial charge in [0.1, 0.15) is 17.3 Å². The minimum atomic E-state index is -0.896. The summed E-state index contributed by atoms with van der Waals surface area (Å²) in [5.74, 6) is -1.77. The number of thiazole rings is 1. The highest BCUT2D eigenvalue weighted by molar-refractivity contribution is 7.22. The Morgan fingerprint density at radius 2 is 1.80 bits per heavy atom. The van der Waals surface area contributed by atoms with E-state index in [4.69, 9.17) is 4.74 Å². The Hall–Kier alpha value is -4.04. The van der Waals surface area contributed by atoms with Crippen molar-refractivity contribution in [1.29, 1.82) is 0 Å². The molecule has 1 aliphatic heterocycles. The number of nitrogens with zero attached hydrogens (tertiary/aromatic N) is 2. The summed E-state index contributed by atoms with van der Waals surface area (Å²) >= 11 is 1.26. The second-order valence-corrected chi connectivity index (χ2v) is 9.15. The van der Waals surface area contributed by atoms with Gasteiger partial charge < -0.3 is 9.84 Å². The highest BCUT2D eigenvalue weighted by Crippen LogP contribution is 2.44. The molecule has 0 aliphatic carbocycles. The molecule has 5 rings (SSSR count). The molecule has 0 radical (unpaired) electrons. The first-order valence-electron chi connectivity index (χ1n) is 11.0. The van der Waals surface area contributed by atoms with E-state index in [-0.39, 0.29) is 16.9 Å². The van der Waals surface area contributed by atoms with E-state index in [2.05, 4.69) is 4.98 Å². The molecule has 8 heteroatoms. The summed E-state index contributed by atoms with van der Waals surface area (Å²) in [6.45, 7) is 4.34. The molecule has 1 aromatic heterocycles. The topological polar surface area (TPSA) is 79.7 Å². The molecule has 3 aromatic carbocycles. The molecule has 4 aromatic rings. The Balaban J connectivity index is 1.69. The molecule has 0 unspecified atom stereocenters. The van der Waals surface area contributed by atoms with Crippen LogP contribution in [0.2, 0.25) is 0 Å². The molecule has 0 spiro atoms. The van der Waals surface area contributed by atoms with E-state index in [0.717, 1.165) is 10.3 Å². The number of aryl methyl sites for hydroxylation is 1. The minimum Gasteiger partial charge on any atom is -0.507 e. The Kier molecular flexibility index (Phi) is 5.82. The van der Waals surface area contributed by atoms with E-state index in [0.29, 0.717) is 28.6 Å². The average Bonchev–Trinajstić information content (AvgIpc) is 3.38. The molecule has 1 aliphatic rings. The van der Waals surface area contributed by atoms with Gasteiger partial charge in [0, 0.05) is 5.56 Å². The maximum atomic E-state index is 13.5. The highest BCUT2D eigenvalue weighted by Gasteiger charge is 2.48. The zero-order valence-corrected chi connectivity index (χ0v) is 19.8. The number of rotatable bonds is 5. The van der Waals surface area contributed by atoms with Gasteiger partial charge in [-0.1, -0.05) is 41.2 Å². The van der Waals surface area contributed by atoms with Crippen LogP contribution < -0.4 is 9.64 Å². The predicted molar refractivity (Wildman–Crippen MR) is 133 cm³/mol. The maximum Gasteiger partial charge on any atom is 0.301 e. The molecule has 0 bridgehead atoms. The lowest BCUT2D eigenvalue weighted by atomic mass is 9.95. The second-order valence-electron chi connectivity index (χ2n) is 8.15. The first kappa shape index (κ1) is 22.7. The zero-order chi connectivity index (χ0) is 24.7. The van der Waals surface area contributed by atoms with Gasteiger partial charge in [-0.05, 0) is 61.9 Å². The molecule has 1 fully saturated rings. The van der Waals surface area contributed by atoms with Gasteiger partial charge in [0.2, 0.25) is 0 Å². The summed E-state index contributed by atoms with van der Waals surface area (Å²) in [6, 6.07) is 17.1. The number of amides is 1. The Labute approximate surface area is 204 Å². The Morgan fingerprint density at radius 1 is 1.09 bits per heavy atom. The van der Waals surface area contributed by atoms with Crippen LogP contribution >= 0.6 is 11.3 Å². The second kappa shape index (κ2) is 8.96. The van der Waals surface area contributed by atoms with E-state index >= 15 is 0 Å². The van der Waals surface area contributed by atoms with E-state index in [1.54, 1.807) is 12.1 Å². The third kappa shape index (κ3) is 4.06. The van der Waals surface area contributed by atoms with Crippen LogP contribution in [0, 0.1) is 12.7 Å². The molecule has 1 atom stereocenters. The van der Waals surface area contributed by atoms with Crippen molar-refractivity contribution in [3.8, 4) is 5.75 Å². The Bertz CT molecular complexity index is 1480. The number of aliphatic hydroxyl groups is 1. The van der Waals surface area contributed by atoms with Crippen molar-refractivity contribution in [1.82, 2.24) is 4.98 Å². The van der Waals surface area contributed by atoms with Gasteiger partial charge >= 0.3 is 5.91 Å². The normalized spacial score (nSPS) is 17.3. The zero-order valence-electron chi connectivity index (χ0n) is 19.0. The number of ketones is 1. The summed E-state index contributed by atoms with van der Waals surface area (Å²) in [7, 11) is 0. The molecule has 6 nitrogen and oxygen atoms in total. The van der Waals surface area contributed by atoms with Gasteiger partial charge in [-0.2, -0.15) is 0 Å². The van der Waals surface area contributed by atoms with Crippen LogP contribution in [-0.2, 0) is 9.59 Å². The first-order valence-corrected chi connectivity index (χ1v) is 11.9. The lowest BCUT2D eigenvalue weighted by Crippen LogP contribution is -2.29. The SMILES string of the molecule is CCOc1ccc2nc(N3C(=O)C(=O)C(=C(O)c4ccc(F)cc4)[C@H]3c3ccc(C)cc3)sc2c1. The van der Waals surface area contributed by atoms with Gasteiger partial charge in [0.25, 0.3) is 5.78 Å². The third-order valence-corrected chi connectivity index (χ3v) is 6.84. The number of fused-ring (bicyclic) bond motifs is 1. The smallest absolute Gasteiger partial charge is 0.301 e. The van der Waals surface area contributed by atoms with Gasteiger partial charge in [-0.3, -0.25) is 14.5 Å². The van der Waals surface area contributed by atoms with Crippen molar-refractivity contribution >= 4 is 44.1 Å². The van der Waals surface area contributed by atoms with Crippen LogP contribution in [0.5, 0.6) is 5.75 Å². The lowest BCUT2D eigenvalue weighted by molar-refractivity contribution is -0.132. The number of aromatic nitrogens is 1. The number of benzene rings is 3. The van der Waals surface area contributed by atoms with Gasteiger partial charge in [-0.25, -0.2) is 9.37 Å². The highest BCUT2D eigenvalue weighted by atomic mass is 32.1. The molecule has 1 amide bonds. The number of carbonyl (C=O) groups excluding carboxylic acids is 2. The number of Topliss-reactive ketones (excluding diaryl/α,β-unsaturated/α-hetero) is 1. The fourth-order valence-electron chi connectivity index (χ4n) is 4.11. The fourth-order valence-corrected chi connectivity index (χ4v) is 5.13. The van der Waals surface area contributed by atoms with Crippen molar-refractivity contribution in [3.05, 3.63) is 94.8 Å². The molecule has 1 saturated heterocycles. The maximum absolute atomic E-state index is 13.5. The summed E-state index contributed by atoms with van der Waals surface area (Å²) < 4.78 is 19.8. The van der Waals surface area contributed by atoms with Crippen LogP contribution in [0.15, 0.2) is 72.3 Å². The van der Waals surface area contributed by atoms with E-state index in [1.165, 1.54) is 40.5 Å². The number of hydrogen-bond acceptors (Lipinski definition) is 6. The van der Waals surface area contributed by atoms with Crippen LogP contribution in [0.3, 0.4) is 0 Å². The average molecular weight is 489 g/mol. The van der Waals surface area contributed by atoms with Crippen molar-refractivity contribution < 1.29 is 23.8 Å². The minimum absolute atomic E-state index is 0.0697. The van der Waals surface area contributed by atoms with E-state index in [1.807, 2.05) is 44.2 Å². The lowest BCUT2D eigenvalue weighted by Gasteiger charge is -2.23. The van der Waals surface area contributed by atoms with Gasteiger partial charge in [0.05, 0.1) is 28.4 Å². The van der Waals surface area contributed by atoms with Crippen molar-refractivity contribution in [3.63, 3.8) is 0 Å². The number of ether oxygens (including phenoxy) is 1. The molecule has 0 saturated carbocycles. The number of aliphatic hydroxyl groups excluding tert-OH is 1. The van der Waals surface area contributed by atoms with Crippen molar-refractivity contribution in [2.45, 2.75) is 19.9 Å². The van der Waals surface area contributed by atoms with E-state index < -0.39 is 23.5 Å². The van der Waals surface area contributed by atoms with Gasteiger partial charge in [-0.15, -0.1) is 0 Å². The molecule has 1 N–H and O–H groups in total. The monoisotopic (exact) mass is 488 g/mol. The molecular weight excluding hydrogens is 467 g/mol. The van der Waals surface area contributed by atoms with Crippen LogP contribution in [0.1, 0.15) is 29.7 Å². The predicted octanol–water partition coefficient (Wildman–Crippen LogP) is 5.77. The third-order valence-electron chi connectivity index (χ3n) is 5.82. The summed E-state index contributed by atoms with van der Waals surface area (Å²) in [4.78, 5) is 32.5. The van der Waals surface area contributed by atoms with E-state index in [9.17, 15) is 19.1 Å². The van der Waals surface area contributed by atoms with Crippen molar-refractivity contribution in [2.24, 2.45) is 0 Å². The molecule has 2 heterocycles. The fraction of sp³-hybridized carbons (Fsp3) is 0.148. The van der Waals surface area contributed by atoms with Gasteiger partial charge in [0.15, 0.2) is 5.13 Å². The quantitative estimate of drug-likeness (QED) is 0.219. The number of halogens is 1. The summed E-state index contributed by atoms with van der Waals surface area (Å²) in [5.41, 5.74) is 2.49. The van der Waals surface area contributed by atoms with Crippen LogP contribution in [0.25, 0.3) is 16.0 Å². The number of carbonyl (C=O) groups is 2. The van der Waals surface area contributed by atoms with Crippen molar-refractivity contribution in [2.75, 3.05) is 11.5 Å². The Morgan fingerprint density at radius 3 is 2.49 bits per heavy atom. The first-order chi connectivity index (χ1) is 16.9. The largest absolute Gasteiger partial charge is 0.507 e. The molecule has 176 valence electrons. The summed E-state index contributed by atoms with van der Waals surface area (Å²) in [6.07, 6.45) is 0.